The van der Waals surface area contributed by atoms with Gasteiger partial charge in [0.2, 0.25) is 0 Å². The van der Waals surface area contributed by atoms with Gasteiger partial charge >= 0.3 is 0 Å². The second-order valence-electron chi connectivity index (χ2n) is 2.25. The molecule has 2 atom stereocenters. The number of ether oxygens (including phenoxy) is 2. The molecule has 0 bridgehead atoms. The third-order valence-electron chi connectivity index (χ3n) is 1.04. The molecule has 0 aliphatic carbocycles. The molecular weight excluding hydrogens is 148 g/mol. The molecule has 0 aromatic carbocycles. The van der Waals surface area contributed by atoms with E-state index in [1.807, 2.05) is 0 Å². The highest BCUT2D eigenvalue weighted by Crippen LogP contribution is 1.97. The van der Waals surface area contributed by atoms with E-state index in [4.69, 9.17) is 19.7 Å². The number of hydrogen-bond donors (Lipinski definition) is 2. The van der Waals surface area contributed by atoms with E-state index in [1.165, 1.54) is 6.92 Å². The second-order valence-corrected chi connectivity index (χ2v) is 2.25. The van der Waals surface area contributed by atoms with Gasteiger partial charge in [0.25, 0.3) is 0 Å². The number of rotatable bonds is 6. The van der Waals surface area contributed by atoms with Gasteiger partial charge in [-0.05, 0) is 20.3 Å². The van der Waals surface area contributed by atoms with E-state index >= 15 is 0 Å². The maximum Gasteiger partial charge on any atom is 0.157 e. The van der Waals surface area contributed by atoms with Crippen LogP contribution in [-0.4, -0.2) is 36.0 Å². The molecule has 0 aliphatic rings. The first kappa shape index (κ1) is 10.8. The van der Waals surface area contributed by atoms with Crippen LogP contribution >= 0.6 is 0 Å². The first-order valence-electron chi connectivity index (χ1n) is 3.72. The Morgan fingerprint density at radius 3 is 2.45 bits per heavy atom. The molecule has 0 fully saturated rings. The molecule has 2 unspecified atom stereocenters. The molecule has 0 radical (unpaired) electrons. The van der Waals surface area contributed by atoms with Crippen molar-refractivity contribution in [3.63, 3.8) is 0 Å². The second kappa shape index (κ2) is 6.54. The van der Waals surface area contributed by atoms with Crippen LogP contribution in [0, 0.1) is 0 Å². The lowest BCUT2D eigenvalue weighted by Gasteiger charge is -2.15. The first-order valence-corrected chi connectivity index (χ1v) is 3.72. The van der Waals surface area contributed by atoms with E-state index in [0.717, 1.165) is 0 Å². The summed E-state index contributed by atoms with van der Waals surface area (Å²) in [6, 6.07) is 0. The summed E-state index contributed by atoms with van der Waals surface area (Å²) >= 11 is 0. The lowest BCUT2D eigenvalue weighted by Crippen LogP contribution is -2.20. The molecule has 0 rings (SSSR count). The van der Waals surface area contributed by atoms with Crippen molar-refractivity contribution in [2.45, 2.75) is 32.8 Å². The summed E-state index contributed by atoms with van der Waals surface area (Å²) in [5.74, 6) is 0. The molecule has 0 heterocycles. The van der Waals surface area contributed by atoms with Crippen molar-refractivity contribution in [3.8, 4) is 0 Å². The Kier molecular flexibility index (Phi) is 6.45. The molecule has 0 amide bonds. The van der Waals surface area contributed by atoms with Crippen molar-refractivity contribution in [2.24, 2.45) is 0 Å². The van der Waals surface area contributed by atoms with Gasteiger partial charge in [0, 0.05) is 6.61 Å². The van der Waals surface area contributed by atoms with E-state index in [9.17, 15) is 0 Å². The Hall–Kier alpha value is -0.160. The van der Waals surface area contributed by atoms with Crippen molar-refractivity contribution >= 4 is 0 Å². The average Bonchev–Trinajstić information content (AvgIpc) is 1.86. The van der Waals surface area contributed by atoms with Gasteiger partial charge in [-0.25, -0.2) is 0 Å². The van der Waals surface area contributed by atoms with Crippen LogP contribution in [-0.2, 0) is 9.47 Å². The molecule has 0 aromatic rings. The summed E-state index contributed by atoms with van der Waals surface area (Å²) < 4.78 is 9.90. The molecule has 4 nitrogen and oxygen atoms in total. The average molecular weight is 164 g/mol. The van der Waals surface area contributed by atoms with Crippen LogP contribution in [0.2, 0.25) is 0 Å². The van der Waals surface area contributed by atoms with E-state index in [1.54, 1.807) is 6.92 Å². The Balaban J connectivity index is 3.15. The van der Waals surface area contributed by atoms with Gasteiger partial charge < -0.3 is 19.7 Å². The summed E-state index contributed by atoms with van der Waals surface area (Å²) in [7, 11) is 0. The highest BCUT2D eigenvalue weighted by Gasteiger charge is 2.04. The Labute approximate surface area is 66.7 Å². The number of hydrogen-bond acceptors (Lipinski definition) is 4. The fraction of sp³-hybridized carbons (Fsp3) is 1.00. The van der Waals surface area contributed by atoms with Gasteiger partial charge in [-0.1, -0.05) is 0 Å². The quantitative estimate of drug-likeness (QED) is 0.431. The van der Waals surface area contributed by atoms with Gasteiger partial charge in [0.05, 0.1) is 6.61 Å². The molecule has 0 aromatic heterocycles. The van der Waals surface area contributed by atoms with Crippen molar-refractivity contribution < 1.29 is 19.7 Å². The predicted molar refractivity (Wildman–Crippen MR) is 39.9 cm³/mol. The first-order chi connectivity index (χ1) is 5.16. The predicted octanol–water partition coefficient (Wildman–Crippen LogP) is 0.0863. The largest absolute Gasteiger partial charge is 0.396 e. The molecule has 0 spiro atoms. The minimum absolute atomic E-state index is 0.112. The topological polar surface area (TPSA) is 58.9 Å². The zero-order valence-electron chi connectivity index (χ0n) is 6.99. The maximum absolute atomic E-state index is 8.73. The van der Waals surface area contributed by atoms with Crippen molar-refractivity contribution in [1.29, 1.82) is 0 Å². The monoisotopic (exact) mass is 164 g/mol. The molecule has 68 valence electrons. The van der Waals surface area contributed by atoms with E-state index in [-0.39, 0.29) is 6.61 Å². The van der Waals surface area contributed by atoms with Crippen LogP contribution in [0.3, 0.4) is 0 Å². The molecule has 0 saturated heterocycles. The standard InChI is InChI=1S/C7H16O4/c1-6(9)11-7(2)10-5-3-4-8/h6-9H,3-5H2,1-2H3. The van der Waals surface area contributed by atoms with Gasteiger partial charge in [-0.15, -0.1) is 0 Å². The third-order valence-corrected chi connectivity index (χ3v) is 1.04. The van der Waals surface area contributed by atoms with Crippen LogP contribution in [0.5, 0.6) is 0 Å². The van der Waals surface area contributed by atoms with Gasteiger partial charge in [0.15, 0.2) is 12.6 Å². The lowest BCUT2D eigenvalue weighted by atomic mass is 10.5. The fourth-order valence-corrected chi connectivity index (χ4v) is 0.630. The van der Waals surface area contributed by atoms with Crippen molar-refractivity contribution in [2.75, 3.05) is 13.2 Å². The van der Waals surface area contributed by atoms with Crippen LogP contribution in [0.15, 0.2) is 0 Å². The minimum Gasteiger partial charge on any atom is -0.396 e. The molecule has 2 N–H and O–H groups in total. The lowest BCUT2D eigenvalue weighted by molar-refractivity contribution is -0.213. The summed E-state index contributed by atoms with van der Waals surface area (Å²) in [4.78, 5) is 0. The molecule has 11 heavy (non-hydrogen) atoms. The highest BCUT2D eigenvalue weighted by molar-refractivity contribution is 4.35. The van der Waals surface area contributed by atoms with Crippen LogP contribution in [0.4, 0.5) is 0 Å². The zero-order chi connectivity index (χ0) is 8.69. The summed E-state index contributed by atoms with van der Waals surface area (Å²) in [6.45, 7) is 3.78. The summed E-state index contributed by atoms with van der Waals surface area (Å²) in [5, 5.41) is 17.1. The maximum atomic E-state index is 8.73. The van der Waals surface area contributed by atoms with Crippen molar-refractivity contribution in [1.82, 2.24) is 0 Å². The minimum atomic E-state index is -0.806. The van der Waals surface area contributed by atoms with E-state index in [2.05, 4.69) is 0 Å². The molecule has 0 saturated carbocycles. The van der Waals surface area contributed by atoms with Gasteiger partial charge in [-0.3, -0.25) is 0 Å². The number of aliphatic hydroxyl groups excluding tert-OH is 2. The summed E-state index contributed by atoms with van der Waals surface area (Å²) in [5.41, 5.74) is 0. The van der Waals surface area contributed by atoms with Crippen LogP contribution < -0.4 is 0 Å². The van der Waals surface area contributed by atoms with Crippen LogP contribution in [0.1, 0.15) is 20.3 Å². The van der Waals surface area contributed by atoms with Crippen molar-refractivity contribution in [3.05, 3.63) is 0 Å². The normalized spacial score (nSPS) is 16.4. The smallest absolute Gasteiger partial charge is 0.157 e. The van der Waals surface area contributed by atoms with E-state index in [0.29, 0.717) is 13.0 Å². The zero-order valence-corrected chi connectivity index (χ0v) is 6.99. The number of aliphatic hydroxyl groups is 2. The fourth-order valence-electron chi connectivity index (χ4n) is 0.630. The highest BCUT2D eigenvalue weighted by atomic mass is 16.7. The Morgan fingerprint density at radius 2 is 2.00 bits per heavy atom. The molecule has 0 aliphatic heterocycles. The SMILES string of the molecule is CC(O)OC(C)OCCCO. The molecular formula is C7H16O4. The Morgan fingerprint density at radius 1 is 1.36 bits per heavy atom. The van der Waals surface area contributed by atoms with Gasteiger partial charge in [-0.2, -0.15) is 0 Å². The summed E-state index contributed by atoms with van der Waals surface area (Å²) in [6.07, 6.45) is -0.631. The van der Waals surface area contributed by atoms with Crippen LogP contribution in [0.25, 0.3) is 0 Å². The third kappa shape index (κ3) is 7.74. The van der Waals surface area contributed by atoms with E-state index < -0.39 is 12.6 Å². The molecule has 4 heteroatoms. The Bertz CT molecular complexity index is 84.5. The van der Waals surface area contributed by atoms with Gasteiger partial charge in [0.1, 0.15) is 0 Å².